The first-order valence-corrected chi connectivity index (χ1v) is 8.56. The number of urea groups is 1. The van der Waals surface area contributed by atoms with Crippen LogP contribution in [-0.2, 0) is 11.8 Å². The zero-order valence-corrected chi connectivity index (χ0v) is 14.0. The molecule has 7 heteroatoms. The van der Waals surface area contributed by atoms with Gasteiger partial charge in [-0.25, -0.2) is 4.79 Å². The van der Waals surface area contributed by atoms with Gasteiger partial charge >= 0.3 is 6.03 Å². The number of fused-ring (bicyclic) bond motifs is 1. The largest absolute Gasteiger partial charge is 0.333 e. The van der Waals surface area contributed by atoms with Crippen molar-refractivity contribution >= 4 is 17.6 Å². The highest BCUT2D eigenvalue weighted by Crippen LogP contribution is 2.29. The molecule has 1 aromatic carbocycles. The molecule has 1 saturated heterocycles. The molecule has 1 aromatic heterocycles. The molecule has 25 heavy (non-hydrogen) atoms. The summed E-state index contributed by atoms with van der Waals surface area (Å²) in [5.74, 6) is -0.0715. The van der Waals surface area contributed by atoms with Crippen LogP contribution in [0.2, 0.25) is 0 Å². The normalized spacial score (nSPS) is 25.0. The van der Waals surface area contributed by atoms with Crippen LogP contribution in [0, 0.1) is 5.92 Å². The average Bonchev–Trinajstić information content (AvgIpc) is 3.19. The van der Waals surface area contributed by atoms with E-state index in [2.05, 4.69) is 21.0 Å². The zero-order chi connectivity index (χ0) is 17.4. The highest BCUT2D eigenvalue weighted by Gasteiger charge is 2.39. The van der Waals surface area contributed by atoms with E-state index in [1.165, 1.54) is 0 Å². The Bertz CT molecular complexity index is 815. The minimum atomic E-state index is -0.126. The molecule has 0 radical (unpaired) electrons. The zero-order valence-electron chi connectivity index (χ0n) is 14.0. The van der Waals surface area contributed by atoms with E-state index in [1.54, 1.807) is 4.68 Å². The minimum absolute atomic E-state index is 0.0118. The fraction of sp³-hybridized carbons (Fsp3) is 0.389. The van der Waals surface area contributed by atoms with Gasteiger partial charge in [0.2, 0.25) is 5.91 Å². The molecule has 130 valence electrons. The van der Waals surface area contributed by atoms with E-state index in [-0.39, 0.29) is 29.9 Å². The number of aryl methyl sites for hydroxylation is 1. The lowest BCUT2D eigenvalue weighted by molar-refractivity contribution is -0.121. The molecule has 3 unspecified atom stereocenters. The van der Waals surface area contributed by atoms with Gasteiger partial charge in [0.05, 0.1) is 17.8 Å². The van der Waals surface area contributed by atoms with E-state index in [4.69, 9.17) is 0 Å². The quantitative estimate of drug-likeness (QED) is 0.798. The highest BCUT2D eigenvalue weighted by atomic mass is 16.2. The third-order valence-electron chi connectivity index (χ3n) is 4.99. The molecule has 2 aliphatic rings. The lowest BCUT2D eigenvalue weighted by Crippen LogP contribution is -2.42. The Labute approximate surface area is 145 Å². The van der Waals surface area contributed by atoms with Crippen molar-refractivity contribution in [2.24, 2.45) is 13.0 Å². The molecule has 1 saturated carbocycles. The van der Waals surface area contributed by atoms with Crippen LogP contribution in [-0.4, -0.2) is 33.8 Å². The summed E-state index contributed by atoms with van der Waals surface area (Å²) in [6.07, 6.45) is 4.18. The van der Waals surface area contributed by atoms with Gasteiger partial charge in [-0.3, -0.25) is 9.48 Å². The van der Waals surface area contributed by atoms with Crippen LogP contribution in [0.1, 0.15) is 19.3 Å². The van der Waals surface area contributed by atoms with Gasteiger partial charge in [0, 0.05) is 30.4 Å². The maximum Gasteiger partial charge on any atom is 0.315 e. The van der Waals surface area contributed by atoms with Gasteiger partial charge in [0.15, 0.2) is 0 Å². The second-order valence-electron chi connectivity index (χ2n) is 6.79. The monoisotopic (exact) mass is 339 g/mol. The van der Waals surface area contributed by atoms with Gasteiger partial charge in [-0.15, -0.1) is 0 Å². The fourth-order valence-electron chi connectivity index (χ4n) is 3.69. The number of rotatable bonds is 3. The standard InChI is InChI=1S/C18H21N5O2/c1-23-8-7-14(22-23)11-3-2-4-13(9-11)19-17(24)12-5-6-15-16(10-12)21-18(25)20-15/h2-4,7-9,12,15-16H,5-6,10H2,1H3,(H,19,24)(H2,20,21,25). The van der Waals surface area contributed by atoms with E-state index in [0.29, 0.717) is 6.42 Å². The molecule has 1 aliphatic heterocycles. The molecule has 1 aliphatic carbocycles. The first-order chi connectivity index (χ1) is 12.1. The molecule has 2 heterocycles. The molecule has 3 atom stereocenters. The summed E-state index contributed by atoms with van der Waals surface area (Å²) < 4.78 is 1.75. The average molecular weight is 339 g/mol. The topological polar surface area (TPSA) is 88.0 Å². The highest BCUT2D eigenvalue weighted by molar-refractivity contribution is 5.93. The summed E-state index contributed by atoms with van der Waals surface area (Å²) in [6.45, 7) is 0. The smallest absolute Gasteiger partial charge is 0.315 e. The van der Waals surface area contributed by atoms with E-state index < -0.39 is 0 Å². The van der Waals surface area contributed by atoms with Gasteiger partial charge < -0.3 is 16.0 Å². The van der Waals surface area contributed by atoms with Crippen molar-refractivity contribution in [1.82, 2.24) is 20.4 Å². The van der Waals surface area contributed by atoms with Gasteiger partial charge in [-0.05, 0) is 37.5 Å². The van der Waals surface area contributed by atoms with Crippen molar-refractivity contribution in [2.45, 2.75) is 31.3 Å². The molecule has 3 N–H and O–H groups in total. The third kappa shape index (κ3) is 3.22. The minimum Gasteiger partial charge on any atom is -0.333 e. The van der Waals surface area contributed by atoms with Crippen LogP contribution in [0.4, 0.5) is 10.5 Å². The van der Waals surface area contributed by atoms with Crippen LogP contribution in [0.3, 0.4) is 0 Å². The summed E-state index contributed by atoms with van der Waals surface area (Å²) in [5.41, 5.74) is 2.61. The SMILES string of the molecule is Cn1ccc(-c2cccc(NC(=O)C3CCC4NC(=O)NC4C3)c2)n1. The molecule has 0 bridgehead atoms. The predicted molar refractivity (Wildman–Crippen MR) is 93.9 cm³/mol. The second kappa shape index (κ2) is 6.23. The molecule has 7 nitrogen and oxygen atoms in total. The molecular formula is C18H21N5O2. The number of hydrogen-bond donors (Lipinski definition) is 3. The Morgan fingerprint density at radius 2 is 2.08 bits per heavy atom. The number of amides is 3. The van der Waals surface area contributed by atoms with E-state index in [9.17, 15) is 9.59 Å². The number of nitrogens with one attached hydrogen (secondary N) is 3. The molecular weight excluding hydrogens is 318 g/mol. The number of benzene rings is 1. The maximum absolute atomic E-state index is 12.6. The Morgan fingerprint density at radius 1 is 1.24 bits per heavy atom. The number of nitrogens with zero attached hydrogens (tertiary/aromatic N) is 2. The number of carbonyl (C=O) groups is 2. The lowest BCUT2D eigenvalue weighted by Gasteiger charge is -2.29. The first-order valence-electron chi connectivity index (χ1n) is 8.56. The summed E-state index contributed by atoms with van der Waals surface area (Å²) >= 11 is 0. The summed E-state index contributed by atoms with van der Waals surface area (Å²) in [7, 11) is 1.88. The fourth-order valence-corrected chi connectivity index (χ4v) is 3.69. The van der Waals surface area contributed by atoms with Crippen molar-refractivity contribution in [3.05, 3.63) is 36.5 Å². The molecule has 3 amide bonds. The van der Waals surface area contributed by atoms with Gasteiger partial charge in [-0.1, -0.05) is 12.1 Å². The molecule has 2 fully saturated rings. The van der Waals surface area contributed by atoms with Gasteiger partial charge in [0.25, 0.3) is 0 Å². The number of aromatic nitrogens is 2. The maximum atomic E-state index is 12.6. The molecule has 2 aromatic rings. The molecule has 0 spiro atoms. The van der Waals surface area contributed by atoms with Crippen molar-refractivity contribution in [1.29, 1.82) is 0 Å². The summed E-state index contributed by atoms with van der Waals surface area (Å²) in [4.78, 5) is 24.0. The van der Waals surface area contributed by atoms with E-state index in [0.717, 1.165) is 29.8 Å². The Morgan fingerprint density at radius 3 is 2.88 bits per heavy atom. The summed E-state index contributed by atoms with van der Waals surface area (Å²) in [5, 5.41) is 13.2. The number of carbonyl (C=O) groups excluding carboxylic acids is 2. The predicted octanol–water partition coefficient (Wildman–Crippen LogP) is 1.88. The second-order valence-corrected chi connectivity index (χ2v) is 6.79. The Balaban J connectivity index is 1.43. The first kappa shape index (κ1) is 15.7. The van der Waals surface area contributed by atoms with Crippen LogP contribution in [0.15, 0.2) is 36.5 Å². The van der Waals surface area contributed by atoms with Crippen LogP contribution >= 0.6 is 0 Å². The van der Waals surface area contributed by atoms with E-state index >= 15 is 0 Å². The Hall–Kier alpha value is -2.83. The van der Waals surface area contributed by atoms with Crippen LogP contribution < -0.4 is 16.0 Å². The van der Waals surface area contributed by atoms with Crippen LogP contribution in [0.25, 0.3) is 11.3 Å². The van der Waals surface area contributed by atoms with Gasteiger partial charge in [0.1, 0.15) is 0 Å². The third-order valence-corrected chi connectivity index (χ3v) is 4.99. The van der Waals surface area contributed by atoms with Crippen molar-refractivity contribution in [3.8, 4) is 11.3 Å². The Kier molecular flexibility index (Phi) is 3.91. The number of hydrogen-bond acceptors (Lipinski definition) is 3. The molecule has 4 rings (SSSR count). The lowest BCUT2D eigenvalue weighted by atomic mass is 9.82. The van der Waals surface area contributed by atoms with Crippen molar-refractivity contribution < 1.29 is 9.59 Å². The summed E-state index contributed by atoms with van der Waals surface area (Å²) in [6, 6.07) is 9.73. The van der Waals surface area contributed by atoms with E-state index in [1.807, 2.05) is 43.6 Å². The van der Waals surface area contributed by atoms with Gasteiger partial charge in [-0.2, -0.15) is 5.10 Å². The van der Waals surface area contributed by atoms with Crippen molar-refractivity contribution in [2.75, 3.05) is 5.32 Å². The number of anilines is 1. The van der Waals surface area contributed by atoms with Crippen molar-refractivity contribution in [3.63, 3.8) is 0 Å². The van der Waals surface area contributed by atoms with Crippen LogP contribution in [0.5, 0.6) is 0 Å².